The molecular weight excluding hydrogens is 298 g/mol. The highest BCUT2D eigenvalue weighted by Crippen LogP contribution is 2.10. The van der Waals surface area contributed by atoms with E-state index in [1.807, 2.05) is 30.3 Å². The number of benzene rings is 1. The molecule has 4 N–H and O–H groups in total. The summed E-state index contributed by atoms with van der Waals surface area (Å²) in [6.45, 7) is 1.82. The number of hydrogen-bond acceptors (Lipinski definition) is 5. The van der Waals surface area contributed by atoms with E-state index in [-0.39, 0.29) is 38.1 Å². The number of ether oxygens (including phenoxy) is 1. The first kappa shape index (κ1) is 18.6. The highest BCUT2D eigenvalue weighted by atomic mass is 16.5. The molecule has 0 aliphatic carbocycles. The molecule has 0 aliphatic rings. The van der Waals surface area contributed by atoms with Gasteiger partial charge in [-0.2, -0.15) is 0 Å². The zero-order valence-corrected chi connectivity index (χ0v) is 13.2. The van der Waals surface area contributed by atoms with Gasteiger partial charge in [-0.1, -0.05) is 30.3 Å². The number of hydrogen-bond donors (Lipinski definition) is 3. The lowest BCUT2D eigenvalue weighted by Gasteiger charge is -2.16. The van der Waals surface area contributed by atoms with E-state index in [1.165, 1.54) is 0 Å². The number of nitrogens with one attached hydrogen (secondary N) is 2. The van der Waals surface area contributed by atoms with Crippen LogP contribution in [0.4, 0.5) is 0 Å². The fourth-order valence-electron chi connectivity index (χ4n) is 1.95. The second-order valence-electron chi connectivity index (χ2n) is 4.92. The van der Waals surface area contributed by atoms with Crippen LogP contribution in [0.1, 0.15) is 12.5 Å². The molecule has 0 fully saturated rings. The molecule has 1 aromatic carbocycles. The standard InChI is InChI=1S/C16H23N3O4/c1-2-23-16(22)13(8-12-6-4-3-5-7-12)10-18-15(21)11-19-14(20)9-17/h3-7,13H,2,8-11,17H2,1H3,(H,18,21)(H,19,20). The van der Waals surface area contributed by atoms with Gasteiger partial charge in [-0.25, -0.2) is 0 Å². The van der Waals surface area contributed by atoms with E-state index in [4.69, 9.17) is 10.5 Å². The van der Waals surface area contributed by atoms with Gasteiger partial charge in [-0.15, -0.1) is 0 Å². The van der Waals surface area contributed by atoms with E-state index >= 15 is 0 Å². The molecule has 2 amide bonds. The maximum absolute atomic E-state index is 12.0. The average Bonchev–Trinajstić information content (AvgIpc) is 2.57. The zero-order valence-electron chi connectivity index (χ0n) is 13.2. The lowest BCUT2D eigenvalue weighted by molar-refractivity contribution is -0.148. The predicted octanol–water partition coefficient (Wildman–Crippen LogP) is -0.400. The minimum atomic E-state index is -0.480. The fourth-order valence-corrected chi connectivity index (χ4v) is 1.95. The first-order valence-corrected chi connectivity index (χ1v) is 7.50. The van der Waals surface area contributed by atoms with Gasteiger partial charge in [0.2, 0.25) is 11.8 Å². The van der Waals surface area contributed by atoms with Gasteiger partial charge >= 0.3 is 5.97 Å². The van der Waals surface area contributed by atoms with Gasteiger partial charge in [0.05, 0.1) is 25.6 Å². The minimum Gasteiger partial charge on any atom is -0.466 e. The molecule has 23 heavy (non-hydrogen) atoms. The van der Waals surface area contributed by atoms with Crippen molar-refractivity contribution < 1.29 is 19.1 Å². The SMILES string of the molecule is CCOC(=O)C(CNC(=O)CNC(=O)CN)Cc1ccccc1. The molecule has 1 unspecified atom stereocenters. The zero-order chi connectivity index (χ0) is 17.1. The van der Waals surface area contributed by atoms with E-state index in [9.17, 15) is 14.4 Å². The summed E-state index contributed by atoms with van der Waals surface area (Å²) in [6, 6.07) is 9.49. The summed E-state index contributed by atoms with van der Waals surface area (Å²) >= 11 is 0. The first-order valence-electron chi connectivity index (χ1n) is 7.50. The Balaban J connectivity index is 2.54. The maximum Gasteiger partial charge on any atom is 0.311 e. The average molecular weight is 321 g/mol. The van der Waals surface area contributed by atoms with Gasteiger partial charge in [0.1, 0.15) is 0 Å². The third-order valence-electron chi connectivity index (χ3n) is 3.12. The molecule has 0 aromatic heterocycles. The monoisotopic (exact) mass is 321 g/mol. The Morgan fingerprint density at radius 1 is 1.13 bits per heavy atom. The van der Waals surface area contributed by atoms with Crippen LogP contribution in [0.5, 0.6) is 0 Å². The van der Waals surface area contributed by atoms with Crippen molar-refractivity contribution in [3.63, 3.8) is 0 Å². The Morgan fingerprint density at radius 2 is 1.83 bits per heavy atom. The summed E-state index contributed by atoms with van der Waals surface area (Å²) < 4.78 is 5.05. The van der Waals surface area contributed by atoms with Crippen LogP contribution in [0.2, 0.25) is 0 Å². The Morgan fingerprint density at radius 3 is 2.43 bits per heavy atom. The molecule has 0 bridgehead atoms. The molecule has 7 nitrogen and oxygen atoms in total. The van der Waals surface area contributed by atoms with Crippen molar-refractivity contribution in [3.05, 3.63) is 35.9 Å². The van der Waals surface area contributed by atoms with E-state index in [2.05, 4.69) is 10.6 Å². The Kier molecular flexibility index (Phi) is 8.38. The Labute approximate surface area is 135 Å². The number of nitrogens with two attached hydrogens (primary N) is 1. The number of esters is 1. The quantitative estimate of drug-likeness (QED) is 0.536. The molecule has 0 spiro atoms. The van der Waals surface area contributed by atoms with Crippen molar-refractivity contribution in [2.45, 2.75) is 13.3 Å². The van der Waals surface area contributed by atoms with Gasteiger partial charge in [0.15, 0.2) is 0 Å². The van der Waals surface area contributed by atoms with E-state index < -0.39 is 11.8 Å². The largest absolute Gasteiger partial charge is 0.466 e. The molecule has 7 heteroatoms. The normalized spacial score (nSPS) is 11.4. The molecule has 1 aromatic rings. The second-order valence-corrected chi connectivity index (χ2v) is 4.92. The Hall–Kier alpha value is -2.41. The molecule has 0 saturated carbocycles. The first-order chi connectivity index (χ1) is 11.1. The second kappa shape index (κ2) is 10.3. The summed E-state index contributed by atoms with van der Waals surface area (Å²) in [4.78, 5) is 34.7. The summed E-state index contributed by atoms with van der Waals surface area (Å²) in [6.07, 6.45) is 0.467. The van der Waals surface area contributed by atoms with Crippen molar-refractivity contribution in [3.8, 4) is 0 Å². The van der Waals surface area contributed by atoms with Crippen molar-refractivity contribution in [2.75, 3.05) is 26.2 Å². The van der Waals surface area contributed by atoms with Gasteiger partial charge in [-0.3, -0.25) is 14.4 Å². The van der Waals surface area contributed by atoms with Crippen LogP contribution < -0.4 is 16.4 Å². The Bertz CT molecular complexity index is 519. The van der Waals surface area contributed by atoms with E-state index in [0.29, 0.717) is 6.42 Å². The highest BCUT2D eigenvalue weighted by Gasteiger charge is 2.21. The summed E-state index contributed by atoms with van der Waals surface area (Å²) in [7, 11) is 0. The molecule has 0 saturated heterocycles. The molecule has 1 atom stereocenters. The molecule has 0 heterocycles. The predicted molar refractivity (Wildman–Crippen MR) is 85.3 cm³/mol. The molecule has 126 valence electrons. The van der Waals surface area contributed by atoms with Crippen molar-refractivity contribution in [1.82, 2.24) is 10.6 Å². The van der Waals surface area contributed by atoms with Crippen LogP contribution in [0.3, 0.4) is 0 Å². The maximum atomic E-state index is 12.0. The van der Waals surface area contributed by atoms with Gasteiger partial charge in [0, 0.05) is 6.54 Å². The third kappa shape index (κ3) is 7.42. The lowest BCUT2D eigenvalue weighted by Crippen LogP contribution is -2.42. The summed E-state index contributed by atoms with van der Waals surface area (Å²) in [5, 5.41) is 4.99. The molecule has 0 aliphatic heterocycles. The van der Waals surface area contributed by atoms with Crippen LogP contribution in [0.25, 0.3) is 0 Å². The van der Waals surface area contributed by atoms with Crippen LogP contribution in [-0.2, 0) is 25.5 Å². The van der Waals surface area contributed by atoms with E-state index in [0.717, 1.165) is 5.56 Å². The third-order valence-corrected chi connectivity index (χ3v) is 3.12. The number of carbonyl (C=O) groups excluding carboxylic acids is 3. The van der Waals surface area contributed by atoms with Crippen molar-refractivity contribution in [2.24, 2.45) is 11.7 Å². The van der Waals surface area contributed by atoms with Crippen LogP contribution in [0.15, 0.2) is 30.3 Å². The van der Waals surface area contributed by atoms with Gasteiger partial charge in [-0.05, 0) is 18.9 Å². The highest BCUT2D eigenvalue weighted by molar-refractivity contribution is 5.85. The number of rotatable bonds is 9. The smallest absolute Gasteiger partial charge is 0.311 e. The van der Waals surface area contributed by atoms with Crippen LogP contribution in [-0.4, -0.2) is 44.0 Å². The van der Waals surface area contributed by atoms with Crippen LogP contribution in [0, 0.1) is 5.92 Å². The summed E-state index contributed by atoms with van der Waals surface area (Å²) in [5.41, 5.74) is 6.12. The topological polar surface area (TPSA) is 111 Å². The van der Waals surface area contributed by atoms with Crippen molar-refractivity contribution >= 4 is 17.8 Å². The fraction of sp³-hybridized carbons (Fsp3) is 0.438. The summed E-state index contributed by atoms with van der Waals surface area (Å²) in [5.74, 6) is -1.63. The lowest BCUT2D eigenvalue weighted by atomic mass is 9.99. The van der Waals surface area contributed by atoms with Gasteiger partial charge in [0.25, 0.3) is 0 Å². The van der Waals surface area contributed by atoms with Crippen molar-refractivity contribution in [1.29, 1.82) is 0 Å². The van der Waals surface area contributed by atoms with E-state index in [1.54, 1.807) is 6.92 Å². The van der Waals surface area contributed by atoms with Gasteiger partial charge < -0.3 is 21.1 Å². The molecular formula is C16H23N3O4. The number of carbonyl (C=O) groups is 3. The van der Waals surface area contributed by atoms with Crippen LogP contribution >= 0.6 is 0 Å². The molecule has 0 radical (unpaired) electrons. The molecule has 1 rings (SSSR count). The minimum absolute atomic E-state index is 0.144. The number of amides is 2.